The number of nitrogens with one attached hydrogen (secondary N) is 1. The summed E-state index contributed by atoms with van der Waals surface area (Å²) in [4.78, 5) is 12.1. The van der Waals surface area contributed by atoms with Crippen molar-refractivity contribution in [3.05, 3.63) is 34.1 Å². The Kier molecular flexibility index (Phi) is 6.24. The van der Waals surface area contributed by atoms with Gasteiger partial charge in [0.15, 0.2) is 0 Å². The lowest BCUT2D eigenvalue weighted by Crippen LogP contribution is -2.28. The molecule has 0 aliphatic carbocycles. The van der Waals surface area contributed by atoms with Crippen molar-refractivity contribution in [3.63, 3.8) is 0 Å². The van der Waals surface area contributed by atoms with Crippen LogP contribution in [0.1, 0.15) is 19.8 Å². The molecule has 0 saturated heterocycles. The van der Waals surface area contributed by atoms with Crippen LogP contribution >= 0.6 is 11.3 Å². The van der Waals surface area contributed by atoms with Gasteiger partial charge >= 0.3 is 0 Å². The fourth-order valence-corrected chi connectivity index (χ4v) is 2.77. The predicted octanol–water partition coefficient (Wildman–Crippen LogP) is 2.47. The van der Waals surface area contributed by atoms with E-state index in [9.17, 15) is 4.79 Å². The molecule has 2 rings (SSSR count). The zero-order valence-corrected chi connectivity index (χ0v) is 12.7. The topological polar surface area (TPSA) is 43.3 Å². The van der Waals surface area contributed by atoms with Gasteiger partial charge in [-0.15, -0.1) is 11.3 Å². The molecule has 0 unspecified atom stereocenters. The first-order valence-electron chi connectivity index (χ1n) is 7.18. The molecule has 0 bridgehead atoms. The van der Waals surface area contributed by atoms with Crippen LogP contribution in [0.3, 0.4) is 0 Å². The number of hydrogen-bond donors (Lipinski definition) is 1. The van der Waals surface area contributed by atoms with Crippen molar-refractivity contribution >= 4 is 21.4 Å². The van der Waals surface area contributed by atoms with E-state index in [4.69, 9.17) is 4.74 Å². The molecule has 2 heterocycles. The van der Waals surface area contributed by atoms with Crippen molar-refractivity contribution in [1.82, 2.24) is 9.88 Å². The lowest BCUT2D eigenvalue weighted by atomic mass is 10.3. The van der Waals surface area contributed by atoms with Gasteiger partial charge in [-0.25, -0.2) is 0 Å². The van der Waals surface area contributed by atoms with E-state index in [-0.39, 0.29) is 5.56 Å². The molecule has 20 heavy (non-hydrogen) atoms. The lowest BCUT2D eigenvalue weighted by Gasteiger charge is -2.08. The van der Waals surface area contributed by atoms with Crippen molar-refractivity contribution in [1.29, 1.82) is 0 Å². The summed E-state index contributed by atoms with van der Waals surface area (Å²) in [6, 6.07) is 3.91. The van der Waals surface area contributed by atoms with E-state index in [1.807, 2.05) is 23.7 Å². The number of ether oxygens (including phenoxy) is 1. The zero-order chi connectivity index (χ0) is 14.2. The quantitative estimate of drug-likeness (QED) is 0.723. The molecule has 0 aliphatic rings. The molecule has 2 aromatic heterocycles. The Morgan fingerprint density at radius 3 is 3.05 bits per heavy atom. The first-order chi connectivity index (χ1) is 9.83. The van der Waals surface area contributed by atoms with E-state index in [1.165, 1.54) is 6.42 Å². The van der Waals surface area contributed by atoms with E-state index in [2.05, 4.69) is 12.2 Å². The van der Waals surface area contributed by atoms with Gasteiger partial charge in [0.25, 0.3) is 5.56 Å². The molecule has 0 atom stereocenters. The number of nitrogens with zero attached hydrogens (tertiary/aromatic N) is 1. The number of unbranched alkanes of at least 4 members (excludes halogenated alkanes) is 1. The first-order valence-corrected chi connectivity index (χ1v) is 8.06. The zero-order valence-electron chi connectivity index (χ0n) is 11.9. The molecule has 4 nitrogen and oxygen atoms in total. The maximum absolute atomic E-state index is 12.1. The van der Waals surface area contributed by atoms with E-state index in [1.54, 1.807) is 15.9 Å². The summed E-state index contributed by atoms with van der Waals surface area (Å²) in [5.41, 5.74) is 0.102. The second-order valence-electron chi connectivity index (χ2n) is 4.73. The van der Waals surface area contributed by atoms with E-state index in [0.29, 0.717) is 6.54 Å². The third kappa shape index (κ3) is 4.16. The highest BCUT2D eigenvalue weighted by molar-refractivity contribution is 7.17. The maximum Gasteiger partial charge on any atom is 0.259 e. The van der Waals surface area contributed by atoms with Crippen molar-refractivity contribution in [2.24, 2.45) is 0 Å². The Bertz CT molecular complexity index is 577. The van der Waals surface area contributed by atoms with Gasteiger partial charge in [-0.1, -0.05) is 13.3 Å². The van der Waals surface area contributed by atoms with Gasteiger partial charge in [0.2, 0.25) is 0 Å². The molecule has 110 valence electrons. The Balaban J connectivity index is 1.71. The number of hydrogen-bond acceptors (Lipinski definition) is 4. The summed E-state index contributed by atoms with van der Waals surface area (Å²) in [7, 11) is 0. The Morgan fingerprint density at radius 2 is 2.20 bits per heavy atom. The fourth-order valence-electron chi connectivity index (χ4n) is 2.00. The van der Waals surface area contributed by atoms with Gasteiger partial charge in [-0.2, -0.15) is 0 Å². The minimum Gasteiger partial charge on any atom is -0.380 e. The highest BCUT2D eigenvalue weighted by Crippen LogP contribution is 2.15. The van der Waals surface area contributed by atoms with E-state index >= 15 is 0 Å². The summed E-state index contributed by atoms with van der Waals surface area (Å²) < 4.78 is 8.29. The minimum absolute atomic E-state index is 0.102. The summed E-state index contributed by atoms with van der Waals surface area (Å²) >= 11 is 1.61. The lowest BCUT2D eigenvalue weighted by molar-refractivity contribution is 0.133. The van der Waals surface area contributed by atoms with Crippen LogP contribution in [0, 0.1) is 0 Å². The van der Waals surface area contributed by atoms with Crippen LogP contribution in [0.25, 0.3) is 10.1 Å². The first kappa shape index (κ1) is 15.2. The molecule has 0 aromatic carbocycles. The minimum atomic E-state index is 0.102. The molecule has 2 aromatic rings. The van der Waals surface area contributed by atoms with Crippen molar-refractivity contribution in [2.45, 2.75) is 26.3 Å². The highest BCUT2D eigenvalue weighted by atomic mass is 32.1. The third-order valence-electron chi connectivity index (χ3n) is 3.19. The number of pyridine rings is 1. The van der Waals surface area contributed by atoms with Crippen molar-refractivity contribution in [3.8, 4) is 0 Å². The highest BCUT2D eigenvalue weighted by Gasteiger charge is 2.02. The molecule has 5 heteroatoms. The Labute approximate surface area is 123 Å². The normalized spacial score (nSPS) is 11.2. The van der Waals surface area contributed by atoms with Crippen molar-refractivity contribution < 1.29 is 4.74 Å². The van der Waals surface area contributed by atoms with Gasteiger partial charge < -0.3 is 14.6 Å². The number of thiophene rings is 1. The van der Waals surface area contributed by atoms with Crippen LogP contribution in [0.2, 0.25) is 0 Å². The average molecular weight is 294 g/mol. The SMILES string of the molecule is CCCCOCCNCCn1ccc2sccc2c1=O. The smallest absolute Gasteiger partial charge is 0.259 e. The Morgan fingerprint density at radius 1 is 1.30 bits per heavy atom. The standard InChI is InChI=1S/C15H22N2O2S/c1-2-3-10-19-11-7-16-6-9-17-8-4-14-13(15(17)18)5-12-20-14/h4-5,8,12,16H,2-3,6-7,9-11H2,1H3. The van der Waals surface area contributed by atoms with Crippen LogP contribution < -0.4 is 10.9 Å². The van der Waals surface area contributed by atoms with E-state index < -0.39 is 0 Å². The number of aromatic nitrogens is 1. The van der Waals surface area contributed by atoms with Crippen LogP contribution in [-0.4, -0.2) is 30.9 Å². The van der Waals surface area contributed by atoms with E-state index in [0.717, 1.165) is 42.8 Å². The Hall–Kier alpha value is -1.17. The van der Waals surface area contributed by atoms with Crippen LogP contribution in [0.15, 0.2) is 28.5 Å². The largest absolute Gasteiger partial charge is 0.380 e. The van der Waals surface area contributed by atoms with Crippen molar-refractivity contribution in [2.75, 3.05) is 26.3 Å². The van der Waals surface area contributed by atoms with Gasteiger partial charge in [0.05, 0.1) is 12.0 Å². The molecule has 1 N–H and O–H groups in total. The van der Waals surface area contributed by atoms with Crippen LogP contribution in [0.5, 0.6) is 0 Å². The predicted molar refractivity (Wildman–Crippen MR) is 84.7 cm³/mol. The molecule has 0 spiro atoms. The summed E-state index contributed by atoms with van der Waals surface area (Å²) in [6.07, 6.45) is 4.16. The second-order valence-corrected chi connectivity index (χ2v) is 5.68. The third-order valence-corrected chi connectivity index (χ3v) is 4.07. The van der Waals surface area contributed by atoms with Gasteiger partial charge in [0, 0.05) is 37.1 Å². The fraction of sp³-hybridized carbons (Fsp3) is 0.533. The van der Waals surface area contributed by atoms with Crippen LogP contribution in [0.4, 0.5) is 0 Å². The van der Waals surface area contributed by atoms with Gasteiger partial charge in [0.1, 0.15) is 0 Å². The summed E-state index contributed by atoms with van der Waals surface area (Å²) in [5.74, 6) is 0. The molecular formula is C15H22N2O2S. The second kappa shape index (κ2) is 8.19. The molecule has 0 fully saturated rings. The maximum atomic E-state index is 12.1. The number of fused-ring (bicyclic) bond motifs is 1. The monoisotopic (exact) mass is 294 g/mol. The molecular weight excluding hydrogens is 272 g/mol. The molecule has 0 saturated carbocycles. The van der Waals surface area contributed by atoms with Gasteiger partial charge in [-0.3, -0.25) is 4.79 Å². The summed E-state index contributed by atoms with van der Waals surface area (Å²) in [5, 5.41) is 6.08. The molecule has 0 radical (unpaired) electrons. The average Bonchev–Trinajstić information content (AvgIpc) is 2.93. The van der Waals surface area contributed by atoms with Crippen LogP contribution in [-0.2, 0) is 11.3 Å². The summed E-state index contributed by atoms with van der Waals surface area (Å²) in [6.45, 7) is 6.04. The van der Waals surface area contributed by atoms with Gasteiger partial charge in [-0.05, 0) is 23.9 Å². The molecule has 0 amide bonds. The number of rotatable bonds is 9. The molecule has 0 aliphatic heterocycles.